The summed E-state index contributed by atoms with van der Waals surface area (Å²) in [6.45, 7) is 8.24. The fraction of sp³-hybridized carbons (Fsp3) is 0.238. The Balaban J connectivity index is 1.66. The Labute approximate surface area is 163 Å². The number of thiophene rings is 1. The Morgan fingerprint density at radius 2 is 2.11 bits per heavy atom. The molecule has 1 unspecified atom stereocenters. The predicted molar refractivity (Wildman–Crippen MR) is 109 cm³/mol. The molecule has 0 aliphatic rings. The molecule has 0 bridgehead atoms. The highest BCUT2D eigenvalue weighted by Crippen LogP contribution is 2.27. The van der Waals surface area contributed by atoms with Gasteiger partial charge in [-0.1, -0.05) is 38.6 Å². The number of nitrogens with one attached hydrogen (secondary N) is 1. The zero-order chi connectivity index (χ0) is 19.2. The Kier molecular flexibility index (Phi) is 6.08. The van der Waals surface area contributed by atoms with E-state index in [-0.39, 0.29) is 18.6 Å². The molecule has 0 radical (unpaired) electrons. The fourth-order valence-corrected chi connectivity index (χ4v) is 3.73. The van der Waals surface area contributed by atoms with Crippen LogP contribution in [0, 0.1) is 5.92 Å². The normalized spacial score (nSPS) is 12.0. The number of imidazole rings is 1. The van der Waals surface area contributed by atoms with Crippen molar-refractivity contribution in [2.75, 3.05) is 6.61 Å². The molecule has 3 aromatic rings. The van der Waals surface area contributed by atoms with Gasteiger partial charge in [-0.25, -0.2) is 4.98 Å². The summed E-state index contributed by atoms with van der Waals surface area (Å²) in [5, 5.41) is 5.09. The summed E-state index contributed by atoms with van der Waals surface area (Å²) >= 11 is 1.64. The molecule has 2 heterocycles. The minimum Gasteiger partial charge on any atom is -0.483 e. The van der Waals surface area contributed by atoms with Crippen molar-refractivity contribution >= 4 is 22.9 Å². The van der Waals surface area contributed by atoms with Crippen LogP contribution in [0.3, 0.4) is 0 Å². The maximum absolute atomic E-state index is 12.5. The van der Waals surface area contributed by atoms with Gasteiger partial charge in [-0.3, -0.25) is 4.79 Å². The minimum atomic E-state index is -0.148. The quantitative estimate of drug-likeness (QED) is 0.631. The highest BCUT2D eigenvalue weighted by molar-refractivity contribution is 7.10. The van der Waals surface area contributed by atoms with Crippen LogP contribution in [-0.2, 0) is 4.79 Å². The Morgan fingerprint density at radius 3 is 2.78 bits per heavy atom. The summed E-state index contributed by atoms with van der Waals surface area (Å²) in [7, 11) is 0. The number of hydrogen-bond donors (Lipinski definition) is 1. The second-order valence-corrected chi connectivity index (χ2v) is 7.49. The van der Waals surface area contributed by atoms with Gasteiger partial charge in [0.15, 0.2) is 6.61 Å². The number of rotatable bonds is 8. The van der Waals surface area contributed by atoms with E-state index in [1.165, 1.54) is 0 Å². The maximum atomic E-state index is 12.5. The largest absolute Gasteiger partial charge is 0.483 e. The molecular weight excluding hydrogens is 358 g/mol. The van der Waals surface area contributed by atoms with Crippen molar-refractivity contribution in [3.8, 4) is 5.75 Å². The third-order valence-corrected chi connectivity index (χ3v) is 5.16. The number of carbonyl (C=O) groups is 1. The van der Waals surface area contributed by atoms with Crippen LogP contribution in [0.2, 0.25) is 0 Å². The summed E-state index contributed by atoms with van der Waals surface area (Å²) in [5.41, 5.74) is 1.56. The highest BCUT2D eigenvalue weighted by Gasteiger charge is 2.19. The van der Waals surface area contributed by atoms with Gasteiger partial charge in [-0.05, 0) is 29.5 Å². The van der Waals surface area contributed by atoms with Crippen molar-refractivity contribution in [1.82, 2.24) is 14.9 Å². The first-order chi connectivity index (χ1) is 13.1. The standard InChI is InChI=1S/C21H23N3O2S/c1-15(2)21(19-9-6-12-27-19)23-20(25)13-26-18-8-5-4-7-17(18)16(3)24-11-10-22-14-24/h4-12,14-15,21H,3,13H2,1-2H3,(H,23,25). The molecule has 0 fully saturated rings. The molecule has 0 saturated carbocycles. The first kappa shape index (κ1) is 18.9. The van der Waals surface area contributed by atoms with E-state index in [0.717, 1.165) is 16.1 Å². The SMILES string of the molecule is C=C(c1ccccc1OCC(=O)NC(c1cccs1)C(C)C)n1ccnc1. The second-order valence-electron chi connectivity index (χ2n) is 6.51. The van der Waals surface area contributed by atoms with Crippen molar-refractivity contribution in [2.45, 2.75) is 19.9 Å². The van der Waals surface area contributed by atoms with Gasteiger partial charge in [-0.15, -0.1) is 11.3 Å². The summed E-state index contributed by atoms with van der Waals surface area (Å²) in [4.78, 5) is 17.7. The van der Waals surface area contributed by atoms with Crippen LogP contribution in [0.25, 0.3) is 5.70 Å². The van der Waals surface area contributed by atoms with Crippen LogP contribution in [0.1, 0.15) is 30.3 Å². The summed E-state index contributed by atoms with van der Waals surface area (Å²) < 4.78 is 7.63. The number of benzene rings is 1. The van der Waals surface area contributed by atoms with Gasteiger partial charge in [0.2, 0.25) is 0 Å². The average Bonchev–Trinajstić information content (AvgIpc) is 3.37. The van der Waals surface area contributed by atoms with E-state index >= 15 is 0 Å². The van der Waals surface area contributed by atoms with Gasteiger partial charge < -0.3 is 14.6 Å². The highest BCUT2D eigenvalue weighted by atomic mass is 32.1. The first-order valence-electron chi connectivity index (χ1n) is 8.78. The van der Waals surface area contributed by atoms with Gasteiger partial charge in [0.05, 0.1) is 18.1 Å². The molecule has 2 aromatic heterocycles. The predicted octanol–water partition coefficient (Wildman–Crippen LogP) is 4.36. The Hall–Kier alpha value is -2.86. The van der Waals surface area contributed by atoms with Crippen molar-refractivity contribution < 1.29 is 9.53 Å². The molecule has 0 saturated heterocycles. The molecule has 1 aromatic carbocycles. The van der Waals surface area contributed by atoms with Crippen molar-refractivity contribution in [1.29, 1.82) is 0 Å². The molecule has 1 N–H and O–H groups in total. The van der Waals surface area contributed by atoms with Gasteiger partial charge in [0, 0.05) is 22.8 Å². The lowest BCUT2D eigenvalue weighted by Crippen LogP contribution is -2.34. The third kappa shape index (κ3) is 4.65. The lowest BCUT2D eigenvalue weighted by atomic mass is 10.0. The van der Waals surface area contributed by atoms with Crippen LogP contribution in [0.5, 0.6) is 5.75 Å². The molecule has 27 heavy (non-hydrogen) atoms. The van der Waals surface area contributed by atoms with E-state index in [1.54, 1.807) is 23.9 Å². The van der Waals surface area contributed by atoms with Crippen molar-refractivity contribution in [3.05, 3.63) is 77.5 Å². The molecular formula is C21H23N3O2S. The molecule has 6 heteroatoms. The molecule has 0 aliphatic carbocycles. The minimum absolute atomic E-state index is 0.0164. The van der Waals surface area contributed by atoms with Crippen LogP contribution < -0.4 is 10.1 Å². The zero-order valence-electron chi connectivity index (χ0n) is 15.5. The van der Waals surface area contributed by atoms with Crippen LogP contribution in [-0.4, -0.2) is 22.1 Å². The van der Waals surface area contributed by atoms with Gasteiger partial charge in [0.25, 0.3) is 5.91 Å². The first-order valence-corrected chi connectivity index (χ1v) is 9.66. The monoisotopic (exact) mass is 381 g/mol. The van der Waals surface area contributed by atoms with E-state index in [0.29, 0.717) is 11.7 Å². The topological polar surface area (TPSA) is 56.1 Å². The number of hydrogen-bond acceptors (Lipinski definition) is 4. The smallest absolute Gasteiger partial charge is 0.258 e. The zero-order valence-corrected chi connectivity index (χ0v) is 16.3. The molecule has 0 aliphatic heterocycles. The van der Waals surface area contributed by atoms with Gasteiger partial charge in [0.1, 0.15) is 5.75 Å². The fourth-order valence-electron chi connectivity index (χ4n) is 2.78. The average molecular weight is 382 g/mol. The van der Waals surface area contributed by atoms with Crippen LogP contribution in [0.4, 0.5) is 0 Å². The molecule has 0 spiro atoms. The number of para-hydroxylation sites is 1. The van der Waals surface area contributed by atoms with E-state index in [9.17, 15) is 4.79 Å². The number of nitrogens with zero attached hydrogens (tertiary/aromatic N) is 2. The van der Waals surface area contributed by atoms with E-state index in [4.69, 9.17) is 4.74 Å². The maximum Gasteiger partial charge on any atom is 0.258 e. The molecule has 1 atom stereocenters. The van der Waals surface area contributed by atoms with Crippen LogP contribution >= 0.6 is 11.3 Å². The number of amides is 1. The van der Waals surface area contributed by atoms with Gasteiger partial charge >= 0.3 is 0 Å². The molecule has 140 valence electrons. The van der Waals surface area contributed by atoms with Crippen LogP contribution in [0.15, 0.2) is 67.1 Å². The third-order valence-electron chi connectivity index (χ3n) is 4.21. The lowest BCUT2D eigenvalue weighted by molar-refractivity contribution is -0.124. The van der Waals surface area contributed by atoms with Gasteiger partial charge in [-0.2, -0.15) is 0 Å². The Morgan fingerprint density at radius 1 is 1.30 bits per heavy atom. The van der Waals surface area contributed by atoms with E-state index in [1.807, 2.05) is 52.5 Å². The summed E-state index contributed by atoms with van der Waals surface area (Å²) in [6, 6.07) is 11.6. The number of aromatic nitrogens is 2. The second kappa shape index (κ2) is 8.68. The van der Waals surface area contributed by atoms with Crippen molar-refractivity contribution in [2.24, 2.45) is 5.92 Å². The van der Waals surface area contributed by atoms with Crippen molar-refractivity contribution in [3.63, 3.8) is 0 Å². The molecule has 1 amide bonds. The van der Waals surface area contributed by atoms with E-state index in [2.05, 4.69) is 30.7 Å². The number of carbonyl (C=O) groups excluding carboxylic acids is 1. The lowest BCUT2D eigenvalue weighted by Gasteiger charge is -2.21. The summed E-state index contributed by atoms with van der Waals surface area (Å²) in [6.07, 6.45) is 5.19. The number of ether oxygens (including phenoxy) is 1. The summed E-state index contributed by atoms with van der Waals surface area (Å²) in [5.74, 6) is 0.759. The molecule has 3 rings (SSSR count). The Bertz CT molecular complexity index is 886. The van der Waals surface area contributed by atoms with E-state index < -0.39 is 0 Å². The molecule has 5 nitrogen and oxygen atoms in total.